The van der Waals surface area contributed by atoms with Gasteiger partial charge in [0.15, 0.2) is 0 Å². The summed E-state index contributed by atoms with van der Waals surface area (Å²) in [6.07, 6.45) is 2.42. The van der Waals surface area contributed by atoms with Gasteiger partial charge in [0.1, 0.15) is 0 Å². The molecule has 0 radical (unpaired) electrons. The van der Waals surface area contributed by atoms with E-state index in [1.807, 2.05) is 54.6 Å². The summed E-state index contributed by atoms with van der Waals surface area (Å²) in [4.78, 5) is 28.3. The van der Waals surface area contributed by atoms with E-state index in [9.17, 15) is 9.59 Å². The van der Waals surface area contributed by atoms with Crippen molar-refractivity contribution >= 4 is 23.2 Å². The van der Waals surface area contributed by atoms with Crippen LogP contribution in [-0.4, -0.2) is 36.9 Å². The first-order chi connectivity index (χ1) is 13.0. The molecule has 27 heavy (non-hydrogen) atoms. The first-order valence-corrected chi connectivity index (χ1v) is 9.48. The fraction of sp³-hybridized carbons (Fsp3) is 0.364. The molecule has 5 nitrogen and oxygen atoms in total. The standard InChI is InChI=1S/C22H27N3O2/c1-17-12-14-25(15-13-17)20-10-8-19(9-11-20)23-21(26)22(27)24(2)16-18-6-4-3-5-7-18/h3-11,17H,12-16H2,1-2H3,(H,23,26). The number of piperidine rings is 1. The lowest BCUT2D eigenvalue weighted by Crippen LogP contribution is -2.36. The molecule has 2 amide bonds. The van der Waals surface area contributed by atoms with E-state index in [1.165, 1.54) is 17.7 Å². The predicted molar refractivity (Wildman–Crippen MR) is 109 cm³/mol. The van der Waals surface area contributed by atoms with Crippen LogP contribution in [0, 0.1) is 5.92 Å². The van der Waals surface area contributed by atoms with Crippen molar-refractivity contribution in [3.63, 3.8) is 0 Å². The van der Waals surface area contributed by atoms with Crippen LogP contribution in [0.4, 0.5) is 11.4 Å². The zero-order chi connectivity index (χ0) is 19.2. The number of hydrogen-bond acceptors (Lipinski definition) is 3. The van der Waals surface area contributed by atoms with Crippen molar-refractivity contribution < 1.29 is 9.59 Å². The summed E-state index contributed by atoms with van der Waals surface area (Å²) in [6.45, 7) is 4.83. The summed E-state index contributed by atoms with van der Waals surface area (Å²) in [7, 11) is 1.63. The van der Waals surface area contributed by atoms with E-state index in [0.717, 1.165) is 30.3 Å². The third-order valence-electron chi connectivity index (χ3n) is 5.08. The van der Waals surface area contributed by atoms with Gasteiger partial charge in [0.05, 0.1) is 0 Å². The molecule has 0 bridgehead atoms. The molecule has 0 unspecified atom stereocenters. The van der Waals surface area contributed by atoms with Crippen LogP contribution in [0.5, 0.6) is 0 Å². The molecule has 1 fully saturated rings. The van der Waals surface area contributed by atoms with Crippen molar-refractivity contribution in [2.45, 2.75) is 26.3 Å². The summed E-state index contributed by atoms with van der Waals surface area (Å²) in [5, 5.41) is 2.70. The summed E-state index contributed by atoms with van der Waals surface area (Å²) >= 11 is 0. The first-order valence-electron chi connectivity index (χ1n) is 9.48. The van der Waals surface area contributed by atoms with Gasteiger partial charge in [-0.2, -0.15) is 0 Å². The number of carbonyl (C=O) groups is 2. The predicted octanol–water partition coefficient (Wildman–Crippen LogP) is 3.52. The second kappa shape index (κ2) is 8.71. The average Bonchev–Trinajstić information content (AvgIpc) is 2.69. The third-order valence-corrected chi connectivity index (χ3v) is 5.08. The van der Waals surface area contributed by atoms with Gasteiger partial charge in [0, 0.05) is 38.1 Å². The van der Waals surface area contributed by atoms with Crippen LogP contribution >= 0.6 is 0 Å². The highest BCUT2D eigenvalue weighted by Crippen LogP contribution is 2.24. The van der Waals surface area contributed by atoms with Gasteiger partial charge in [-0.1, -0.05) is 37.3 Å². The van der Waals surface area contributed by atoms with Crippen LogP contribution in [0.2, 0.25) is 0 Å². The van der Waals surface area contributed by atoms with Gasteiger partial charge in [-0.25, -0.2) is 0 Å². The minimum absolute atomic E-state index is 0.402. The molecule has 0 spiro atoms. The topological polar surface area (TPSA) is 52.7 Å². The minimum Gasteiger partial charge on any atom is -0.372 e. The van der Waals surface area contributed by atoms with E-state index in [2.05, 4.69) is 17.1 Å². The zero-order valence-electron chi connectivity index (χ0n) is 16.0. The molecule has 0 saturated carbocycles. The maximum atomic E-state index is 12.3. The Balaban J connectivity index is 1.54. The van der Waals surface area contributed by atoms with Gasteiger partial charge in [-0.05, 0) is 48.6 Å². The van der Waals surface area contributed by atoms with Gasteiger partial charge in [0.2, 0.25) is 0 Å². The number of anilines is 2. The van der Waals surface area contributed by atoms with E-state index in [4.69, 9.17) is 0 Å². The molecule has 0 aromatic heterocycles. The molecular formula is C22H27N3O2. The van der Waals surface area contributed by atoms with Gasteiger partial charge in [0.25, 0.3) is 0 Å². The normalized spacial score (nSPS) is 14.7. The van der Waals surface area contributed by atoms with Crippen molar-refractivity contribution in [3.8, 4) is 0 Å². The molecule has 1 saturated heterocycles. The molecule has 1 N–H and O–H groups in total. The molecule has 3 rings (SSSR count). The van der Waals surface area contributed by atoms with Gasteiger partial charge >= 0.3 is 11.8 Å². The van der Waals surface area contributed by atoms with Crippen LogP contribution in [0.25, 0.3) is 0 Å². The quantitative estimate of drug-likeness (QED) is 0.844. The van der Waals surface area contributed by atoms with Crippen molar-refractivity contribution in [1.82, 2.24) is 4.90 Å². The fourth-order valence-electron chi connectivity index (χ4n) is 3.31. The summed E-state index contributed by atoms with van der Waals surface area (Å²) in [5.74, 6) is -0.375. The Kier molecular flexibility index (Phi) is 6.12. The molecule has 2 aromatic rings. The van der Waals surface area contributed by atoms with E-state index in [0.29, 0.717) is 12.2 Å². The van der Waals surface area contributed by atoms with Crippen LogP contribution < -0.4 is 10.2 Å². The molecule has 2 aromatic carbocycles. The van der Waals surface area contributed by atoms with E-state index in [1.54, 1.807) is 7.05 Å². The fourth-order valence-corrected chi connectivity index (χ4v) is 3.31. The number of carbonyl (C=O) groups excluding carboxylic acids is 2. The average molecular weight is 365 g/mol. The lowest BCUT2D eigenvalue weighted by atomic mass is 9.99. The number of hydrogen-bond donors (Lipinski definition) is 1. The Morgan fingerprint density at radius 3 is 2.30 bits per heavy atom. The minimum atomic E-state index is -0.618. The highest BCUT2D eigenvalue weighted by molar-refractivity contribution is 6.39. The van der Waals surface area contributed by atoms with E-state index in [-0.39, 0.29) is 0 Å². The summed E-state index contributed by atoms with van der Waals surface area (Å²) in [6, 6.07) is 17.3. The number of nitrogens with one attached hydrogen (secondary N) is 1. The Morgan fingerprint density at radius 2 is 1.67 bits per heavy atom. The van der Waals surface area contributed by atoms with Crippen LogP contribution in [-0.2, 0) is 16.1 Å². The van der Waals surface area contributed by atoms with Crippen LogP contribution in [0.3, 0.4) is 0 Å². The second-order valence-electron chi connectivity index (χ2n) is 7.32. The van der Waals surface area contributed by atoms with Gasteiger partial charge in [-0.3, -0.25) is 9.59 Å². The molecule has 1 aliphatic rings. The molecular weight excluding hydrogens is 338 g/mol. The van der Waals surface area contributed by atoms with E-state index < -0.39 is 11.8 Å². The number of benzene rings is 2. The Bertz CT molecular complexity index is 766. The first kappa shape index (κ1) is 19.0. The second-order valence-corrected chi connectivity index (χ2v) is 7.32. The number of likely N-dealkylation sites (N-methyl/N-ethyl adjacent to an activating group) is 1. The maximum Gasteiger partial charge on any atom is 0.313 e. The molecule has 0 aliphatic carbocycles. The number of nitrogens with zero attached hydrogens (tertiary/aromatic N) is 2. The molecule has 1 aliphatic heterocycles. The molecule has 142 valence electrons. The van der Waals surface area contributed by atoms with Crippen LogP contribution in [0.15, 0.2) is 54.6 Å². The summed E-state index contributed by atoms with van der Waals surface area (Å²) in [5.41, 5.74) is 2.78. The lowest BCUT2D eigenvalue weighted by Gasteiger charge is -2.32. The Hall–Kier alpha value is -2.82. The Morgan fingerprint density at radius 1 is 1.04 bits per heavy atom. The third kappa shape index (κ3) is 5.09. The SMILES string of the molecule is CC1CCN(c2ccc(NC(=O)C(=O)N(C)Cc3ccccc3)cc2)CC1. The number of rotatable bonds is 4. The molecule has 0 atom stereocenters. The van der Waals surface area contributed by atoms with Crippen molar-refractivity contribution in [3.05, 3.63) is 60.2 Å². The van der Waals surface area contributed by atoms with Gasteiger partial charge in [-0.15, -0.1) is 0 Å². The van der Waals surface area contributed by atoms with Gasteiger partial charge < -0.3 is 15.1 Å². The maximum absolute atomic E-state index is 12.3. The smallest absolute Gasteiger partial charge is 0.313 e. The highest BCUT2D eigenvalue weighted by Gasteiger charge is 2.19. The highest BCUT2D eigenvalue weighted by atomic mass is 16.2. The summed E-state index contributed by atoms with van der Waals surface area (Å²) < 4.78 is 0. The van der Waals surface area contributed by atoms with E-state index >= 15 is 0 Å². The Labute approximate surface area is 161 Å². The molecule has 1 heterocycles. The lowest BCUT2D eigenvalue weighted by molar-refractivity contribution is -0.142. The van der Waals surface area contributed by atoms with Crippen molar-refractivity contribution in [1.29, 1.82) is 0 Å². The van der Waals surface area contributed by atoms with Crippen molar-refractivity contribution in [2.75, 3.05) is 30.4 Å². The largest absolute Gasteiger partial charge is 0.372 e. The molecule has 5 heteroatoms. The van der Waals surface area contributed by atoms with Crippen LogP contribution in [0.1, 0.15) is 25.3 Å². The number of amides is 2. The monoisotopic (exact) mass is 365 g/mol. The zero-order valence-corrected chi connectivity index (χ0v) is 16.0. The van der Waals surface area contributed by atoms with Crippen molar-refractivity contribution in [2.24, 2.45) is 5.92 Å².